The van der Waals surface area contributed by atoms with E-state index < -0.39 is 0 Å². The lowest BCUT2D eigenvalue weighted by Gasteiger charge is -2.25. The zero-order chi connectivity index (χ0) is 14.0. The lowest BCUT2D eigenvalue weighted by Crippen LogP contribution is -2.38. The van der Waals surface area contributed by atoms with Gasteiger partial charge in [0.2, 0.25) is 5.91 Å². The highest BCUT2D eigenvalue weighted by Crippen LogP contribution is 2.26. The van der Waals surface area contributed by atoms with Crippen LogP contribution in [-0.2, 0) is 11.2 Å². The number of carbonyl (C=O) groups is 1. The Labute approximate surface area is 120 Å². The molecule has 3 nitrogen and oxygen atoms in total. The summed E-state index contributed by atoms with van der Waals surface area (Å²) < 4.78 is 0. The third kappa shape index (κ3) is 3.69. The molecule has 0 aliphatic carbocycles. The van der Waals surface area contributed by atoms with Crippen LogP contribution in [0, 0.1) is 11.3 Å². The van der Waals surface area contributed by atoms with Crippen LogP contribution >= 0.6 is 11.6 Å². The minimum atomic E-state index is -0.281. The molecule has 0 spiro atoms. The molecular weight excluding hydrogens is 260 g/mol. The molecule has 1 aromatic heterocycles. The monoisotopic (exact) mass is 280 g/mol. The van der Waals surface area contributed by atoms with E-state index in [0.717, 1.165) is 25.9 Å². The van der Waals surface area contributed by atoms with Crippen LogP contribution < -0.4 is 0 Å². The third-order valence-electron chi connectivity index (χ3n) is 3.53. The highest BCUT2D eigenvalue weighted by atomic mass is 35.5. The molecule has 1 fully saturated rings. The number of carbonyl (C=O) groups excluding carboxylic acids is 1. The summed E-state index contributed by atoms with van der Waals surface area (Å²) in [6.07, 6.45) is 3.87. The van der Waals surface area contributed by atoms with Crippen molar-refractivity contribution in [2.45, 2.75) is 33.6 Å². The molecular formula is C15H21ClN2O. The van der Waals surface area contributed by atoms with E-state index >= 15 is 0 Å². The second-order valence-electron chi connectivity index (χ2n) is 6.35. The number of pyridine rings is 1. The van der Waals surface area contributed by atoms with Gasteiger partial charge in [0.1, 0.15) is 5.15 Å². The smallest absolute Gasteiger partial charge is 0.227 e. The summed E-state index contributed by atoms with van der Waals surface area (Å²) in [7, 11) is 0. The van der Waals surface area contributed by atoms with Crippen molar-refractivity contribution in [3.05, 3.63) is 29.0 Å². The Morgan fingerprint density at radius 3 is 2.79 bits per heavy atom. The molecule has 2 heterocycles. The van der Waals surface area contributed by atoms with Gasteiger partial charge in [-0.2, -0.15) is 0 Å². The molecule has 1 aliphatic heterocycles. The summed E-state index contributed by atoms with van der Waals surface area (Å²) in [6, 6.07) is 3.84. The molecule has 0 bridgehead atoms. The van der Waals surface area contributed by atoms with Gasteiger partial charge in [0.05, 0.1) is 0 Å². The summed E-state index contributed by atoms with van der Waals surface area (Å²) in [5, 5.41) is 0.528. The summed E-state index contributed by atoms with van der Waals surface area (Å²) in [4.78, 5) is 18.3. The largest absolute Gasteiger partial charge is 0.342 e. The molecule has 0 saturated carbocycles. The van der Waals surface area contributed by atoms with E-state index in [1.807, 2.05) is 44.0 Å². The Balaban J connectivity index is 1.92. The first kappa shape index (κ1) is 14.3. The molecule has 104 valence electrons. The zero-order valence-corrected chi connectivity index (χ0v) is 12.6. The van der Waals surface area contributed by atoms with Gasteiger partial charge in [-0.05, 0) is 30.4 Å². The van der Waals surface area contributed by atoms with Crippen molar-refractivity contribution in [1.82, 2.24) is 9.88 Å². The van der Waals surface area contributed by atoms with Gasteiger partial charge in [-0.1, -0.05) is 38.4 Å². The summed E-state index contributed by atoms with van der Waals surface area (Å²) in [5.41, 5.74) is 0.913. The number of hydrogen-bond acceptors (Lipinski definition) is 2. The van der Waals surface area contributed by atoms with Crippen LogP contribution in [0.3, 0.4) is 0 Å². The molecule has 1 saturated heterocycles. The third-order valence-corrected chi connectivity index (χ3v) is 3.75. The second kappa shape index (κ2) is 5.49. The maximum Gasteiger partial charge on any atom is 0.227 e. The number of hydrogen-bond donors (Lipinski definition) is 0. The Bertz CT molecular complexity index is 450. The molecule has 1 unspecified atom stereocenters. The average molecular weight is 281 g/mol. The number of aromatic nitrogens is 1. The number of rotatable bonds is 2. The SMILES string of the molecule is CC(C)(C)C(=O)N1CCC(Cc2ccc(Cl)nc2)C1. The molecule has 19 heavy (non-hydrogen) atoms. The van der Waals surface area contributed by atoms with Crippen LogP contribution in [0.1, 0.15) is 32.8 Å². The molecule has 4 heteroatoms. The van der Waals surface area contributed by atoms with Crippen molar-refractivity contribution < 1.29 is 4.79 Å². The van der Waals surface area contributed by atoms with Gasteiger partial charge in [-0.15, -0.1) is 0 Å². The summed E-state index contributed by atoms with van der Waals surface area (Å²) in [5.74, 6) is 0.790. The van der Waals surface area contributed by atoms with Gasteiger partial charge < -0.3 is 4.90 Å². The van der Waals surface area contributed by atoms with Crippen LogP contribution in [0.2, 0.25) is 5.15 Å². The first-order chi connectivity index (χ1) is 8.86. The minimum absolute atomic E-state index is 0.254. The number of halogens is 1. The van der Waals surface area contributed by atoms with Crippen molar-refractivity contribution >= 4 is 17.5 Å². The van der Waals surface area contributed by atoms with Crippen LogP contribution in [-0.4, -0.2) is 28.9 Å². The van der Waals surface area contributed by atoms with E-state index in [4.69, 9.17) is 11.6 Å². The van der Waals surface area contributed by atoms with Crippen molar-refractivity contribution in [1.29, 1.82) is 0 Å². The van der Waals surface area contributed by atoms with E-state index in [2.05, 4.69) is 4.98 Å². The van der Waals surface area contributed by atoms with Gasteiger partial charge in [-0.25, -0.2) is 4.98 Å². The quantitative estimate of drug-likeness (QED) is 0.780. The van der Waals surface area contributed by atoms with Crippen molar-refractivity contribution in [3.63, 3.8) is 0 Å². The Morgan fingerprint density at radius 2 is 2.21 bits per heavy atom. The predicted molar refractivity (Wildman–Crippen MR) is 77.1 cm³/mol. The number of likely N-dealkylation sites (tertiary alicyclic amines) is 1. The molecule has 0 radical (unpaired) electrons. The highest BCUT2D eigenvalue weighted by Gasteiger charge is 2.32. The topological polar surface area (TPSA) is 33.2 Å². The molecule has 1 aromatic rings. The summed E-state index contributed by atoms with van der Waals surface area (Å²) in [6.45, 7) is 7.67. The Hall–Kier alpha value is -1.09. The second-order valence-corrected chi connectivity index (χ2v) is 6.74. The average Bonchev–Trinajstić information content (AvgIpc) is 2.78. The maximum absolute atomic E-state index is 12.2. The van der Waals surface area contributed by atoms with E-state index in [1.54, 1.807) is 0 Å². The fourth-order valence-corrected chi connectivity index (χ4v) is 2.63. The molecule has 1 atom stereocenters. The van der Waals surface area contributed by atoms with Gasteiger partial charge in [0, 0.05) is 24.7 Å². The standard InChI is InChI=1S/C15H21ClN2O/c1-15(2,3)14(19)18-7-6-12(10-18)8-11-4-5-13(16)17-9-11/h4-5,9,12H,6-8,10H2,1-3H3. The van der Waals surface area contributed by atoms with E-state index in [-0.39, 0.29) is 11.3 Å². The summed E-state index contributed by atoms with van der Waals surface area (Å²) >= 11 is 5.78. The van der Waals surface area contributed by atoms with Crippen LogP contribution in [0.15, 0.2) is 18.3 Å². The normalized spacial score (nSPS) is 19.8. The van der Waals surface area contributed by atoms with E-state index in [9.17, 15) is 4.79 Å². The van der Waals surface area contributed by atoms with Crippen LogP contribution in [0.5, 0.6) is 0 Å². The molecule has 0 aromatic carbocycles. The fourth-order valence-electron chi connectivity index (χ4n) is 2.52. The van der Waals surface area contributed by atoms with Crippen molar-refractivity contribution in [3.8, 4) is 0 Å². The van der Waals surface area contributed by atoms with E-state index in [0.29, 0.717) is 11.1 Å². The first-order valence-electron chi connectivity index (χ1n) is 6.76. The highest BCUT2D eigenvalue weighted by molar-refractivity contribution is 6.29. The lowest BCUT2D eigenvalue weighted by atomic mass is 9.95. The van der Waals surface area contributed by atoms with Crippen LogP contribution in [0.4, 0.5) is 0 Å². The van der Waals surface area contributed by atoms with Gasteiger partial charge in [-0.3, -0.25) is 4.79 Å². The molecule has 1 amide bonds. The molecule has 1 aliphatic rings. The molecule has 0 N–H and O–H groups in total. The van der Waals surface area contributed by atoms with Crippen LogP contribution in [0.25, 0.3) is 0 Å². The van der Waals surface area contributed by atoms with Crippen molar-refractivity contribution in [2.24, 2.45) is 11.3 Å². The zero-order valence-electron chi connectivity index (χ0n) is 11.8. The fraction of sp³-hybridized carbons (Fsp3) is 0.600. The number of amides is 1. The molecule has 2 rings (SSSR count). The Kier molecular flexibility index (Phi) is 4.14. The van der Waals surface area contributed by atoms with Gasteiger partial charge in [0.15, 0.2) is 0 Å². The predicted octanol–water partition coefficient (Wildman–Crippen LogP) is 3.17. The van der Waals surface area contributed by atoms with Crippen molar-refractivity contribution in [2.75, 3.05) is 13.1 Å². The van der Waals surface area contributed by atoms with Gasteiger partial charge in [0.25, 0.3) is 0 Å². The number of nitrogens with zero attached hydrogens (tertiary/aromatic N) is 2. The first-order valence-corrected chi connectivity index (χ1v) is 7.14. The van der Waals surface area contributed by atoms with Gasteiger partial charge >= 0.3 is 0 Å². The Morgan fingerprint density at radius 1 is 1.47 bits per heavy atom. The maximum atomic E-state index is 12.2. The van der Waals surface area contributed by atoms with E-state index in [1.165, 1.54) is 5.56 Å². The minimum Gasteiger partial charge on any atom is -0.342 e. The lowest BCUT2D eigenvalue weighted by molar-refractivity contribution is -0.138.